The van der Waals surface area contributed by atoms with Crippen molar-refractivity contribution in [3.8, 4) is 0 Å². The molecule has 0 saturated carbocycles. The van der Waals surface area contributed by atoms with Crippen LogP contribution >= 0.6 is 12.2 Å². The largest absolute Gasteiger partial charge is 0.545 e. The molecule has 0 aromatic heterocycles. The highest BCUT2D eigenvalue weighted by Crippen LogP contribution is 2.21. The zero-order valence-corrected chi connectivity index (χ0v) is 14.7. The minimum atomic E-state index is -1.34. The molecule has 0 spiro atoms. The molecular weight excluding hydrogens is 358 g/mol. The summed E-state index contributed by atoms with van der Waals surface area (Å²) >= 11 is 5.07. The van der Waals surface area contributed by atoms with Crippen LogP contribution in [0.25, 0.3) is 0 Å². The first-order valence-corrected chi connectivity index (χ1v) is 7.80. The summed E-state index contributed by atoms with van der Waals surface area (Å²) in [6.45, 7) is 3.20. The molecule has 0 atom stereocenters. The average molecular weight is 372 g/mol. The molecule has 8 nitrogen and oxygen atoms in total. The Balaban J connectivity index is 2.17. The molecule has 0 fully saturated rings. The number of benzene rings is 2. The summed E-state index contributed by atoms with van der Waals surface area (Å²) in [6, 6.07) is 8.46. The van der Waals surface area contributed by atoms with E-state index in [4.69, 9.17) is 12.2 Å². The van der Waals surface area contributed by atoms with Crippen LogP contribution in [0.5, 0.6) is 0 Å². The van der Waals surface area contributed by atoms with E-state index in [1.165, 1.54) is 37.3 Å². The monoisotopic (exact) mass is 372 g/mol. The van der Waals surface area contributed by atoms with Crippen molar-refractivity contribution in [2.75, 3.05) is 5.32 Å². The fourth-order valence-corrected chi connectivity index (χ4v) is 2.48. The Morgan fingerprint density at radius 3 is 2.46 bits per heavy atom. The normalized spacial score (nSPS) is 10.1. The highest BCUT2D eigenvalue weighted by atomic mass is 32.1. The molecule has 2 rings (SSSR count). The van der Waals surface area contributed by atoms with Crippen LogP contribution in [0.15, 0.2) is 36.4 Å². The van der Waals surface area contributed by atoms with E-state index in [0.29, 0.717) is 11.3 Å². The van der Waals surface area contributed by atoms with E-state index < -0.39 is 16.8 Å². The summed E-state index contributed by atoms with van der Waals surface area (Å²) in [4.78, 5) is 33.7. The Labute approximate surface area is 154 Å². The topological polar surface area (TPSA) is 124 Å². The van der Waals surface area contributed by atoms with Gasteiger partial charge in [-0.2, -0.15) is 0 Å². The number of nitrogens with one attached hydrogen (secondary N) is 2. The molecule has 0 heterocycles. The number of thiocarbonyl (C=S) groups is 1. The Hall–Kier alpha value is -3.33. The van der Waals surface area contributed by atoms with Gasteiger partial charge in [-0.3, -0.25) is 20.2 Å². The standard InChI is InChI=1S/C17H15N3O5S/c1-9-6-7-11(16(22)23)8-13(9)18-17(26)19-15(21)12-4-3-5-14(10(12)2)20(24)25/h3-8H,1-2H3,(H,22,23)(H2,18,19,21,26)/p-1. The first-order chi connectivity index (χ1) is 12.2. The summed E-state index contributed by atoms with van der Waals surface area (Å²) in [7, 11) is 0. The minimum Gasteiger partial charge on any atom is -0.545 e. The number of hydrogen-bond donors (Lipinski definition) is 2. The summed E-state index contributed by atoms with van der Waals surface area (Å²) < 4.78 is 0. The van der Waals surface area contributed by atoms with Crippen molar-refractivity contribution in [2.45, 2.75) is 13.8 Å². The predicted octanol–water partition coefficient (Wildman–Crippen LogP) is 1.70. The zero-order chi connectivity index (χ0) is 19.4. The van der Waals surface area contributed by atoms with Crippen LogP contribution in [0.2, 0.25) is 0 Å². The number of nitro benzene ring substituents is 1. The van der Waals surface area contributed by atoms with Gasteiger partial charge >= 0.3 is 0 Å². The average Bonchev–Trinajstić information content (AvgIpc) is 2.56. The number of carboxylic acid groups (broad SMARTS) is 1. The fraction of sp³-hybridized carbons (Fsp3) is 0.118. The van der Waals surface area contributed by atoms with Crippen LogP contribution in [0.1, 0.15) is 31.8 Å². The van der Waals surface area contributed by atoms with Gasteiger partial charge < -0.3 is 15.2 Å². The van der Waals surface area contributed by atoms with Crippen LogP contribution in [0.4, 0.5) is 11.4 Å². The van der Waals surface area contributed by atoms with Crippen molar-refractivity contribution in [2.24, 2.45) is 0 Å². The number of hydrogen-bond acceptors (Lipinski definition) is 6. The van der Waals surface area contributed by atoms with Gasteiger partial charge in [0.1, 0.15) is 0 Å². The molecule has 0 aliphatic carbocycles. The van der Waals surface area contributed by atoms with Crippen molar-refractivity contribution in [3.63, 3.8) is 0 Å². The lowest BCUT2D eigenvalue weighted by atomic mass is 10.1. The molecule has 9 heteroatoms. The second kappa shape index (κ2) is 7.70. The van der Waals surface area contributed by atoms with Crippen LogP contribution in [-0.2, 0) is 0 Å². The molecule has 134 valence electrons. The lowest BCUT2D eigenvalue weighted by molar-refractivity contribution is -0.385. The Bertz CT molecular complexity index is 927. The van der Waals surface area contributed by atoms with E-state index in [9.17, 15) is 24.8 Å². The van der Waals surface area contributed by atoms with Gasteiger partial charge in [-0.1, -0.05) is 18.2 Å². The van der Waals surface area contributed by atoms with Gasteiger partial charge in [0.15, 0.2) is 5.11 Å². The zero-order valence-electron chi connectivity index (χ0n) is 13.9. The van der Waals surface area contributed by atoms with Crippen LogP contribution in [0.3, 0.4) is 0 Å². The van der Waals surface area contributed by atoms with E-state index in [0.717, 1.165) is 0 Å². The van der Waals surface area contributed by atoms with Crippen molar-refractivity contribution in [1.29, 1.82) is 0 Å². The van der Waals surface area contributed by atoms with Gasteiger partial charge in [-0.05, 0) is 49.3 Å². The molecule has 2 N–H and O–H groups in total. The third kappa shape index (κ3) is 4.19. The minimum absolute atomic E-state index is 0.0400. The van der Waals surface area contributed by atoms with E-state index >= 15 is 0 Å². The van der Waals surface area contributed by atoms with Gasteiger partial charge in [0.25, 0.3) is 11.6 Å². The van der Waals surface area contributed by atoms with Crippen LogP contribution < -0.4 is 15.7 Å². The fourth-order valence-electron chi connectivity index (χ4n) is 2.27. The molecule has 26 heavy (non-hydrogen) atoms. The second-order valence-electron chi connectivity index (χ2n) is 5.43. The quantitative estimate of drug-likeness (QED) is 0.475. The van der Waals surface area contributed by atoms with Gasteiger partial charge in [0, 0.05) is 22.9 Å². The molecule has 0 aliphatic rings. The number of nitro groups is 1. The number of rotatable bonds is 4. The maximum Gasteiger partial charge on any atom is 0.273 e. The van der Waals surface area contributed by atoms with E-state index in [2.05, 4.69) is 10.6 Å². The number of carbonyl (C=O) groups excluding carboxylic acids is 2. The highest BCUT2D eigenvalue weighted by molar-refractivity contribution is 7.80. The van der Waals surface area contributed by atoms with E-state index in [1.807, 2.05) is 0 Å². The Morgan fingerprint density at radius 2 is 1.85 bits per heavy atom. The van der Waals surface area contributed by atoms with Gasteiger partial charge in [0.2, 0.25) is 0 Å². The first kappa shape index (κ1) is 19.0. The summed E-state index contributed by atoms with van der Waals surface area (Å²) in [5.74, 6) is -1.95. The Kier molecular flexibility index (Phi) is 5.63. The lowest BCUT2D eigenvalue weighted by Gasteiger charge is -2.14. The summed E-state index contributed by atoms with van der Waals surface area (Å²) in [5, 5.41) is 27.0. The second-order valence-corrected chi connectivity index (χ2v) is 5.84. The van der Waals surface area contributed by atoms with Gasteiger partial charge in [0.05, 0.1) is 10.9 Å². The van der Waals surface area contributed by atoms with Crippen LogP contribution in [-0.4, -0.2) is 21.9 Å². The van der Waals surface area contributed by atoms with E-state index in [-0.39, 0.29) is 27.5 Å². The smallest absolute Gasteiger partial charge is 0.273 e. The number of amides is 1. The highest BCUT2D eigenvalue weighted by Gasteiger charge is 2.18. The van der Waals surface area contributed by atoms with Crippen molar-refractivity contribution in [3.05, 3.63) is 68.8 Å². The molecule has 0 saturated heterocycles. The number of aromatic carboxylic acids is 1. The molecule has 2 aromatic carbocycles. The molecular formula is C17H14N3O5S-. The SMILES string of the molecule is Cc1ccc(C(=O)[O-])cc1NC(=S)NC(=O)c1cccc([N+](=O)[O-])c1C. The maximum absolute atomic E-state index is 12.3. The number of carbonyl (C=O) groups is 2. The van der Waals surface area contributed by atoms with Gasteiger partial charge in [-0.25, -0.2) is 0 Å². The first-order valence-electron chi connectivity index (χ1n) is 7.39. The molecule has 2 aromatic rings. The number of nitrogens with zero attached hydrogens (tertiary/aromatic N) is 1. The molecule has 0 bridgehead atoms. The molecule has 1 amide bonds. The third-order valence-corrected chi connectivity index (χ3v) is 3.90. The van der Waals surface area contributed by atoms with E-state index in [1.54, 1.807) is 13.0 Å². The maximum atomic E-state index is 12.3. The third-order valence-electron chi connectivity index (χ3n) is 3.70. The van der Waals surface area contributed by atoms with Crippen molar-refractivity contribution in [1.82, 2.24) is 5.32 Å². The number of aryl methyl sites for hydroxylation is 1. The van der Waals surface area contributed by atoms with Crippen molar-refractivity contribution >= 4 is 40.6 Å². The van der Waals surface area contributed by atoms with Crippen LogP contribution in [0, 0.1) is 24.0 Å². The molecule has 0 unspecified atom stereocenters. The number of anilines is 1. The predicted molar refractivity (Wildman–Crippen MR) is 97.0 cm³/mol. The molecule has 0 radical (unpaired) electrons. The molecule has 0 aliphatic heterocycles. The summed E-state index contributed by atoms with van der Waals surface area (Å²) in [5.41, 5.74) is 1.22. The van der Waals surface area contributed by atoms with Gasteiger partial charge in [-0.15, -0.1) is 0 Å². The Morgan fingerprint density at radius 1 is 1.15 bits per heavy atom. The number of carboxylic acids is 1. The lowest BCUT2D eigenvalue weighted by Crippen LogP contribution is -2.35. The van der Waals surface area contributed by atoms with Crippen molar-refractivity contribution < 1.29 is 19.6 Å². The summed E-state index contributed by atoms with van der Waals surface area (Å²) in [6.07, 6.45) is 0.